The van der Waals surface area contributed by atoms with Gasteiger partial charge in [-0.05, 0) is 31.2 Å². The second-order valence-corrected chi connectivity index (χ2v) is 7.66. The topological polar surface area (TPSA) is 114 Å². The molecule has 0 aliphatic carbocycles. The quantitative estimate of drug-likeness (QED) is 0.644. The molecule has 0 aliphatic heterocycles. The predicted octanol–water partition coefficient (Wildman–Crippen LogP) is 3.40. The highest BCUT2D eigenvalue weighted by molar-refractivity contribution is 7.93. The van der Waals surface area contributed by atoms with Gasteiger partial charge in [0.15, 0.2) is 5.13 Å². The lowest BCUT2D eigenvalue weighted by atomic mass is 10.2. The van der Waals surface area contributed by atoms with Crippen molar-refractivity contribution in [3.05, 3.63) is 53.7 Å². The number of nitrogens with zero attached hydrogens (tertiary/aromatic N) is 3. The number of thiazole rings is 1. The number of ether oxygens (including phenoxy) is 2. The third kappa shape index (κ3) is 4.52. The van der Waals surface area contributed by atoms with Crippen molar-refractivity contribution < 1.29 is 17.9 Å². The molecule has 0 spiro atoms. The Balaban J connectivity index is 1.83. The van der Waals surface area contributed by atoms with Crippen molar-refractivity contribution in [3.63, 3.8) is 0 Å². The maximum atomic E-state index is 12.4. The Bertz CT molecular complexity index is 1060. The molecule has 10 heteroatoms. The lowest BCUT2D eigenvalue weighted by molar-refractivity contribution is 0.325. The van der Waals surface area contributed by atoms with Gasteiger partial charge in [-0.1, -0.05) is 0 Å². The van der Waals surface area contributed by atoms with Crippen LogP contribution < -0.4 is 14.2 Å². The van der Waals surface area contributed by atoms with Gasteiger partial charge in [-0.2, -0.15) is 5.26 Å². The van der Waals surface area contributed by atoms with Gasteiger partial charge >= 0.3 is 0 Å². The first-order valence-corrected chi connectivity index (χ1v) is 10.1. The smallest absolute Gasteiger partial charge is 0.263 e. The van der Waals surface area contributed by atoms with Crippen LogP contribution in [0.15, 0.2) is 53.0 Å². The Morgan fingerprint density at radius 1 is 1.26 bits per heavy atom. The standard InChI is InChI=1S/C17H14N4O4S2/c1-2-24-16-6-3-13(11-20-16)25-15-5-4-14(9-12(15)10-18)27(22,23)21-17-19-7-8-26-17/h3-9,11H,2H2,1H3,(H,19,21). The van der Waals surface area contributed by atoms with E-state index in [0.29, 0.717) is 18.2 Å². The second-order valence-electron chi connectivity index (χ2n) is 5.08. The zero-order chi connectivity index (χ0) is 19.3. The fourth-order valence-corrected chi connectivity index (χ4v) is 3.90. The van der Waals surface area contributed by atoms with Gasteiger partial charge in [0, 0.05) is 17.6 Å². The molecule has 0 unspecified atom stereocenters. The van der Waals surface area contributed by atoms with E-state index in [9.17, 15) is 13.7 Å². The number of benzene rings is 1. The molecule has 2 heterocycles. The van der Waals surface area contributed by atoms with Crippen LogP contribution in [0.2, 0.25) is 0 Å². The van der Waals surface area contributed by atoms with E-state index in [-0.39, 0.29) is 21.3 Å². The molecule has 0 saturated heterocycles. The summed E-state index contributed by atoms with van der Waals surface area (Å²) in [5.74, 6) is 1.07. The van der Waals surface area contributed by atoms with E-state index in [1.54, 1.807) is 17.5 Å². The van der Waals surface area contributed by atoms with E-state index in [4.69, 9.17) is 9.47 Å². The van der Waals surface area contributed by atoms with E-state index >= 15 is 0 Å². The lowest BCUT2D eigenvalue weighted by Crippen LogP contribution is -2.13. The molecule has 0 amide bonds. The fraction of sp³-hybridized carbons (Fsp3) is 0.118. The minimum absolute atomic E-state index is 0.0635. The Labute approximate surface area is 160 Å². The maximum Gasteiger partial charge on any atom is 0.263 e. The first-order valence-electron chi connectivity index (χ1n) is 7.75. The first kappa shape index (κ1) is 18.6. The second kappa shape index (κ2) is 8.03. The molecule has 138 valence electrons. The Morgan fingerprint density at radius 2 is 2.11 bits per heavy atom. The van der Waals surface area contributed by atoms with Crippen LogP contribution in [0.5, 0.6) is 17.4 Å². The molecule has 27 heavy (non-hydrogen) atoms. The molecular weight excluding hydrogens is 388 g/mol. The van der Waals surface area contributed by atoms with Crippen LogP contribution >= 0.6 is 11.3 Å². The summed E-state index contributed by atoms with van der Waals surface area (Å²) in [7, 11) is -3.86. The summed E-state index contributed by atoms with van der Waals surface area (Å²) in [6.07, 6.45) is 2.95. The molecule has 3 aromatic rings. The number of sulfonamides is 1. The van der Waals surface area contributed by atoms with Crippen LogP contribution in [0.3, 0.4) is 0 Å². The zero-order valence-corrected chi connectivity index (χ0v) is 15.8. The van der Waals surface area contributed by atoms with Crippen molar-refractivity contribution in [1.82, 2.24) is 9.97 Å². The highest BCUT2D eigenvalue weighted by Crippen LogP contribution is 2.28. The van der Waals surface area contributed by atoms with Crippen molar-refractivity contribution >= 4 is 26.5 Å². The number of aromatic nitrogens is 2. The van der Waals surface area contributed by atoms with Gasteiger partial charge in [-0.15, -0.1) is 11.3 Å². The zero-order valence-electron chi connectivity index (χ0n) is 14.1. The van der Waals surface area contributed by atoms with Crippen LogP contribution in [0.1, 0.15) is 12.5 Å². The van der Waals surface area contributed by atoms with Crippen LogP contribution in [-0.4, -0.2) is 25.0 Å². The monoisotopic (exact) mass is 402 g/mol. The predicted molar refractivity (Wildman–Crippen MR) is 99.6 cm³/mol. The number of hydrogen-bond acceptors (Lipinski definition) is 8. The SMILES string of the molecule is CCOc1ccc(Oc2ccc(S(=O)(=O)Nc3nccs3)cc2C#N)cn1. The van der Waals surface area contributed by atoms with Crippen molar-refractivity contribution in [2.45, 2.75) is 11.8 Å². The van der Waals surface area contributed by atoms with E-state index in [1.807, 2.05) is 13.0 Å². The lowest BCUT2D eigenvalue weighted by Gasteiger charge is -2.10. The van der Waals surface area contributed by atoms with Gasteiger partial charge in [0.25, 0.3) is 10.0 Å². The number of nitrogens with one attached hydrogen (secondary N) is 1. The van der Waals surface area contributed by atoms with Gasteiger partial charge in [-0.25, -0.2) is 18.4 Å². The van der Waals surface area contributed by atoms with Crippen LogP contribution in [0.4, 0.5) is 5.13 Å². The molecule has 3 rings (SSSR count). The Morgan fingerprint density at radius 3 is 2.74 bits per heavy atom. The highest BCUT2D eigenvalue weighted by Gasteiger charge is 2.18. The third-order valence-electron chi connectivity index (χ3n) is 3.27. The average molecular weight is 402 g/mol. The first-order chi connectivity index (χ1) is 13.0. The van der Waals surface area contributed by atoms with Gasteiger partial charge in [0.1, 0.15) is 17.6 Å². The largest absolute Gasteiger partial charge is 0.478 e. The number of nitriles is 1. The number of hydrogen-bond donors (Lipinski definition) is 1. The molecule has 2 aromatic heterocycles. The summed E-state index contributed by atoms with van der Waals surface area (Å²) < 4.78 is 38.1. The summed E-state index contributed by atoms with van der Waals surface area (Å²) in [6, 6.07) is 9.25. The van der Waals surface area contributed by atoms with Crippen molar-refractivity contribution in [1.29, 1.82) is 5.26 Å². The number of anilines is 1. The van der Waals surface area contributed by atoms with Gasteiger partial charge in [0.2, 0.25) is 5.88 Å². The van der Waals surface area contributed by atoms with Crippen molar-refractivity contribution in [3.8, 4) is 23.4 Å². The number of pyridine rings is 1. The van der Waals surface area contributed by atoms with Crippen molar-refractivity contribution in [2.75, 3.05) is 11.3 Å². The molecule has 0 fully saturated rings. The van der Waals surface area contributed by atoms with Crippen LogP contribution in [-0.2, 0) is 10.0 Å². The van der Waals surface area contributed by atoms with E-state index in [2.05, 4.69) is 14.7 Å². The number of rotatable bonds is 7. The molecule has 1 N–H and O–H groups in total. The van der Waals surface area contributed by atoms with E-state index < -0.39 is 10.0 Å². The molecule has 0 aliphatic rings. The minimum atomic E-state index is -3.86. The fourth-order valence-electron chi connectivity index (χ4n) is 2.09. The summed E-state index contributed by atoms with van der Waals surface area (Å²) in [4.78, 5) is 7.90. The normalized spacial score (nSPS) is 10.8. The molecule has 0 bridgehead atoms. The highest BCUT2D eigenvalue weighted by atomic mass is 32.2. The molecular formula is C17H14N4O4S2. The average Bonchev–Trinajstić information content (AvgIpc) is 3.16. The minimum Gasteiger partial charge on any atom is -0.478 e. The molecule has 0 saturated carbocycles. The Hall–Kier alpha value is -3.16. The Kier molecular flexibility index (Phi) is 5.54. The molecule has 1 aromatic carbocycles. The third-order valence-corrected chi connectivity index (χ3v) is 5.42. The van der Waals surface area contributed by atoms with Gasteiger partial charge < -0.3 is 9.47 Å². The van der Waals surface area contributed by atoms with Gasteiger partial charge in [-0.3, -0.25) is 4.72 Å². The van der Waals surface area contributed by atoms with Crippen molar-refractivity contribution in [2.24, 2.45) is 0 Å². The van der Waals surface area contributed by atoms with Crippen LogP contribution in [0, 0.1) is 11.3 Å². The molecule has 8 nitrogen and oxygen atoms in total. The molecule has 0 atom stereocenters. The van der Waals surface area contributed by atoms with E-state index in [0.717, 1.165) is 11.3 Å². The van der Waals surface area contributed by atoms with E-state index in [1.165, 1.54) is 30.6 Å². The summed E-state index contributed by atoms with van der Waals surface area (Å²) in [5.41, 5.74) is 0.0749. The van der Waals surface area contributed by atoms with Gasteiger partial charge in [0.05, 0.1) is 23.3 Å². The summed E-state index contributed by atoms with van der Waals surface area (Å²) in [5, 5.41) is 11.3. The van der Waals surface area contributed by atoms with Crippen LogP contribution in [0.25, 0.3) is 0 Å². The summed E-state index contributed by atoms with van der Waals surface area (Å²) >= 11 is 1.16. The summed E-state index contributed by atoms with van der Waals surface area (Å²) in [6.45, 7) is 2.35. The maximum absolute atomic E-state index is 12.4. The molecule has 0 radical (unpaired) electrons.